The third-order valence-electron chi connectivity index (χ3n) is 2.52. The van der Waals surface area contributed by atoms with Crippen molar-refractivity contribution in [3.05, 3.63) is 46.9 Å². The minimum absolute atomic E-state index is 0.215. The van der Waals surface area contributed by atoms with Crippen LogP contribution < -0.4 is 0 Å². The number of aromatic carboxylic acids is 1. The van der Waals surface area contributed by atoms with Crippen molar-refractivity contribution in [2.75, 3.05) is 0 Å². The summed E-state index contributed by atoms with van der Waals surface area (Å²) in [6.45, 7) is 0. The van der Waals surface area contributed by atoms with Gasteiger partial charge in [-0.1, -0.05) is 0 Å². The Morgan fingerprint density at radius 1 is 1.28 bits per heavy atom. The number of pyridine rings is 1. The van der Waals surface area contributed by atoms with Gasteiger partial charge in [0.15, 0.2) is 10.4 Å². The van der Waals surface area contributed by atoms with E-state index in [9.17, 15) is 4.79 Å². The first-order valence-electron chi connectivity index (χ1n) is 5.11. The van der Waals surface area contributed by atoms with Gasteiger partial charge in [0.2, 0.25) is 0 Å². The van der Waals surface area contributed by atoms with Gasteiger partial charge >= 0.3 is 5.97 Å². The van der Waals surface area contributed by atoms with Crippen LogP contribution in [-0.4, -0.2) is 20.5 Å². The van der Waals surface area contributed by atoms with Crippen molar-refractivity contribution in [3.8, 4) is 11.5 Å². The zero-order chi connectivity index (χ0) is 12.7. The molecule has 0 amide bonds. The molecule has 0 unspecified atom stereocenters. The molecule has 5 nitrogen and oxygen atoms in total. The predicted octanol–water partition coefficient (Wildman–Crippen LogP) is 3.06. The lowest BCUT2D eigenvalue weighted by Crippen LogP contribution is -1.97. The van der Waals surface area contributed by atoms with Gasteiger partial charge in [0.25, 0.3) is 0 Å². The van der Waals surface area contributed by atoms with E-state index >= 15 is 0 Å². The summed E-state index contributed by atoms with van der Waals surface area (Å²) in [6.07, 6.45) is 3.25. The molecule has 6 heteroatoms. The van der Waals surface area contributed by atoms with E-state index in [2.05, 4.69) is 20.9 Å². The highest BCUT2D eigenvalue weighted by molar-refractivity contribution is 9.10. The highest BCUT2D eigenvalue weighted by Gasteiger charge is 2.10. The smallest absolute Gasteiger partial charge is 0.337 e. The number of furan rings is 1. The maximum Gasteiger partial charge on any atom is 0.337 e. The van der Waals surface area contributed by atoms with Gasteiger partial charge in [-0.25, -0.2) is 9.78 Å². The van der Waals surface area contributed by atoms with Crippen LogP contribution in [0, 0.1) is 0 Å². The Hall–Kier alpha value is -2.08. The Balaban J connectivity index is 2.13. The molecular formula is C12H7BrN2O3. The number of hydrogen-bond donors (Lipinski definition) is 1. The zero-order valence-electron chi connectivity index (χ0n) is 9.00. The molecule has 90 valence electrons. The molecular weight excluding hydrogens is 300 g/mol. The molecule has 18 heavy (non-hydrogen) atoms. The number of carboxylic acid groups (broad SMARTS) is 1. The van der Waals surface area contributed by atoms with E-state index in [-0.39, 0.29) is 5.56 Å². The number of carboxylic acids is 1. The maximum absolute atomic E-state index is 10.9. The first-order chi connectivity index (χ1) is 8.63. The summed E-state index contributed by atoms with van der Waals surface area (Å²) in [7, 11) is 0. The van der Waals surface area contributed by atoms with Gasteiger partial charge < -0.3 is 13.9 Å². The highest BCUT2D eigenvalue weighted by atomic mass is 79.9. The van der Waals surface area contributed by atoms with Crippen molar-refractivity contribution < 1.29 is 14.3 Å². The Kier molecular flexibility index (Phi) is 2.45. The molecule has 3 aromatic rings. The fourth-order valence-corrected chi connectivity index (χ4v) is 2.00. The molecule has 3 heterocycles. The second kappa shape index (κ2) is 3.99. The summed E-state index contributed by atoms with van der Waals surface area (Å²) in [5, 5.41) is 8.91. The summed E-state index contributed by atoms with van der Waals surface area (Å²) in [6, 6.07) is 6.75. The Morgan fingerprint density at radius 3 is 2.78 bits per heavy atom. The standard InChI is InChI=1S/C12H7BrN2O3/c13-10-3-2-9(18-10)8-6-15-5-7(12(16)17)1-4-11(15)14-8/h1-6H,(H,16,17). The van der Waals surface area contributed by atoms with Gasteiger partial charge in [-0.05, 0) is 40.2 Å². The Labute approximate surface area is 110 Å². The van der Waals surface area contributed by atoms with E-state index in [1.807, 2.05) is 0 Å². The number of nitrogens with zero attached hydrogens (tertiary/aromatic N) is 2. The minimum atomic E-state index is -0.965. The van der Waals surface area contributed by atoms with Crippen LogP contribution in [0.1, 0.15) is 10.4 Å². The van der Waals surface area contributed by atoms with Crippen molar-refractivity contribution in [1.29, 1.82) is 0 Å². The third kappa shape index (κ3) is 1.80. The van der Waals surface area contributed by atoms with Crippen LogP contribution in [0.4, 0.5) is 0 Å². The topological polar surface area (TPSA) is 67.7 Å². The monoisotopic (exact) mass is 306 g/mol. The Morgan fingerprint density at radius 2 is 2.11 bits per heavy atom. The average molecular weight is 307 g/mol. The van der Waals surface area contributed by atoms with Crippen LogP contribution in [0.2, 0.25) is 0 Å². The van der Waals surface area contributed by atoms with Crippen LogP contribution in [0.5, 0.6) is 0 Å². The number of fused-ring (bicyclic) bond motifs is 1. The molecule has 0 aromatic carbocycles. The molecule has 0 aliphatic rings. The quantitative estimate of drug-likeness (QED) is 0.790. The molecule has 1 N–H and O–H groups in total. The average Bonchev–Trinajstić information content (AvgIpc) is 2.93. The predicted molar refractivity (Wildman–Crippen MR) is 67.6 cm³/mol. The largest absolute Gasteiger partial charge is 0.478 e. The number of imidazole rings is 1. The molecule has 3 aromatic heterocycles. The van der Waals surface area contributed by atoms with Gasteiger partial charge in [-0.3, -0.25) is 0 Å². The lowest BCUT2D eigenvalue weighted by atomic mass is 10.3. The molecule has 0 bridgehead atoms. The van der Waals surface area contributed by atoms with Crippen molar-refractivity contribution in [1.82, 2.24) is 9.38 Å². The van der Waals surface area contributed by atoms with Crippen molar-refractivity contribution in [2.45, 2.75) is 0 Å². The SMILES string of the molecule is O=C(O)c1ccc2nc(-c3ccc(Br)o3)cn2c1. The molecule has 0 spiro atoms. The van der Waals surface area contributed by atoms with Crippen LogP contribution in [0.15, 0.2) is 45.7 Å². The normalized spacial score (nSPS) is 10.9. The van der Waals surface area contributed by atoms with Gasteiger partial charge in [0.1, 0.15) is 11.3 Å². The minimum Gasteiger partial charge on any atom is -0.478 e. The summed E-state index contributed by atoms with van der Waals surface area (Å²) < 4.78 is 7.69. The first-order valence-corrected chi connectivity index (χ1v) is 5.90. The molecule has 0 saturated heterocycles. The van der Waals surface area contributed by atoms with E-state index in [1.165, 1.54) is 12.3 Å². The molecule has 0 saturated carbocycles. The number of halogens is 1. The first kappa shape index (κ1) is 11.0. The number of hydrogen-bond acceptors (Lipinski definition) is 3. The van der Waals surface area contributed by atoms with Crippen LogP contribution in [0.3, 0.4) is 0 Å². The summed E-state index contributed by atoms with van der Waals surface area (Å²) in [5.41, 5.74) is 1.54. The zero-order valence-corrected chi connectivity index (χ0v) is 10.6. The molecule has 3 rings (SSSR count). The maximum atomic E-state index is 10.9. The Bertz CT molecular complexity index is 745. The van der Waals surface area contributed by atoms with Crippen LogP contribution >= 0.6 is 15.9 Å². The molecule has 0 fully saturated rings. The van der Waals surface area contributed by atoms with E-state index in [1.54, 1.807) is 28.8 Å². The van der Waals surface area contributed by atoms with Crippen molar-refractivity contribution in [3.63, 3.8) is 0 Å². The summed E-state index contributed by atoms with van der Waals surface area (Å²) in [5.74, 6) is -0.338. The second-order valence-electron chi connectivity index (χ2n) is 3.72. The van der Waals surface area contributed by atoms with Crippen molar-refractivity contribution >= 4 is 27.5 Å². The number of carbonyl (C=O) groups is 1. The van der Waals surface area contributed by atoms with Gasteiger partial charge in [-0.15, -0.1) is 0 Å². The van der Waals surface area contributed by atoms with Crippen molar-refractivity contribution in [2.24, 2.45) is 0 Å². The lowest BCUT2D eigenvalue weighted by molar-refractivity contribution is 0.0696. The van der Waals surface area contributed by atoms with Gasteiger partial charge in [0.05, 0.1) is 5.56 Å². The van der Waals surface area contributed by atoms with Crippen LogP contribution in [-0.2, 0) is 0 Å². The van der Waals surface area contributed by atoms with E-state index < -0.39 is 5.97 Å². The van der Waals surface area contributed by atoms with E-state index in [4.69, 9.17) is 9.52 Å². The summed E-state index contributed by atoms with van der Waals surface area (Å²) in [4.78, 5) is 15.2. The molecule has 0 radical (unpaired) electrons. The number of rotatable bonds is 2. The third-order valence-corrected chi connectivity index (χ3v) is 2.95. The molecule has 0 atom stereocenters. The molecule has 0 aliphatic heterocycles. The van der Waals surface area contributed by atoms with Gasteiger partial charge in [0, 0.05) is 12.4 Å². The lowest BCUT2D eigenvalue weighted by Gasteiger charge is -1.95. The highest BCUT2D eigenvalue weighted by Crippen LogP contribution is 2.24. The van der Waals surface area contributed by atoms with E-state index in [0.29, 0.717) is 21.8 Å². The van der Waals surface area contributed by atoms with Gasteiger partial charge in [-0.2, -0.15) is 0 Å². The van der Waals surface area contributed by atoms with E-state index in [0.717, 1.165) is 0 Å². The second-order valence-corrected chi connectivity index (χ2v) is 4.50. The molecule has 0 aliphatic carbocycles. The fraction of sp³-hybridized carbons (Fsp3) is 0. The number of aromatic nitrogens is 2. The summed E-state index contributed by atoms with van der Waals surface area (Å²) >= 11 is 3.22. The fourth-order valence-electron chi connectivity index (χ4n) is 1.69. The van der Waals surface area contributed by atoms with Crippen LogP contribution in [0.25, 0.3) is 17.1 Å².